The van der Waals surface area contributed by atoms with Crippen LogP contribution in [-0.4, -0.2) is 32.2 Å². The van der Waals surface area contributed by atoms with Crippen LogP contribution < -0.4 is 11.2 Å². The molecule has 1 aromatic heterocycles. The van der Waals surface area contributed by atoms with Crippen LogP contribution in [0.1, 0.15) is 29.9 Å². The smallest absolute Gasteiger partial charge is 0.431 e. The lowest BCUT2D eigenvalue weighted by molar-refractivity contribution is -0.155. The Morgan fingerprint density at radius 3 is 2.29 bits per heavy atom. The van der Waals surface area contributed by atoms with Gasteiger partial charge < -0.3 is 14.8 Å². The lowest BCUT2D eigenvalue weighted by atomic mass is 10.1. The number of esters is 1. The van der Waals surface area contributed by atoms with Gasteiger partial charge in [0.15, 0.2) is 0 Å². The highest BCUT2D eigenvalue weighted by atomic mass is 35.5. The number of nitrogens with one attached hydrogen (secondary N) is 1. The topological polar surface area (TPSA) is 118 Å². The fraction of sp³-hybridized carbons (Fsp3) is 0.250. The van der Waals surface area contributed by atoms with Gasteiger partial charge in [0.1, 0.15) is 5.69 Å². The van der Waals surface area contributed by atoms with Crippen LogP contribution in [0.15, 0.2) is 33.9 Å². The third kappa shape index (κ3) is 4.25. The van der Waals surface area contributed by atoms with Gasteiger partial charge in [-0.1, -0.05) is 11.6 Å². The number of aliphatic carboxylic acids is 1. The number of aromatic amines is 1. The zero-order valence-electron chi connectivity index (χ0n) is 14.3. The summed E-state index contributed by atoms with van der Waals surface area (Å²) >= 11 is 5.88. The number of nitrogens with zero attached hydrogens (tertiary/aromatic N) is 1. The normalized spacial score (nSPS) is 11.9. The predicted molar refractivity (Wildman–Crippen MR) is 89.8 cm³/mol. The number of H-pyrrole nitrogens is 1. The molecule has 1 aromatic carbocycles. The number of benzene rings is 1. The van der Waals surface area contributed by atoms with Gasteiger partial charge in [0.05, 0.1) is 16.3 Å². The van der Waals surface area contributed by atoms with E-state index in [1.165, 1.54) is 4.98 Å². The Balaban J connectivity index is 2.55. The molecule has 2 rings (SSSR count). The van der Waals surface area contributed by atoms with Crippen molar-refractivity contribution in [2.45, 2.75) is 25.6 Å². The molecule has 0 bridgehead atoms. The first-order chi connectivity index (χ1) is 12.7. The first-order valence-corrected chi connectivity index (χ1v) is 7.82. The Bertz CT molecular complexity index is 1040. The highest BCUT2D eigenvalue weighted by molar-refractivity contribution is 6.33. The fourth-order valence-corrected chi connectivity index (χ4v) is 2.23. The molecule has 0 saturated heterocycles. The average Bonchev–Trinajstić information content (AvgIpc) is 2.54. The summed E-state index contributed by atoms with van der Waals surface area (Å²) in [4.78, 5) is 48.8. The van der Waals surface area contributed by atoms with Crippen LogP contribution in [0.4, 0.5) is 13.2 Å². The molecule has 12 heteroatoms. The minimum absolute atomic E-state index is 0.182. The monoisotopic (exact) mass is 420 g/mol. The highest BCUT2D eigenvalue weighted by Gasteiger charge is 2.34. The van der Waals surface area contributed by atoms with Gasteiger partial charge in [0.25, 0.3) is 5.56 Å². The van der Waals surface area contributed by atoms with E-state index in [1.807, 2.05) is 0 Å². The SMILES string of the molecule is CC(C)(OC(=O)c1cc(-n2c(=O)cc(C(F)(F)F)[nH]c2=O)ccc1Cl)C(=O)O. The van der Waals surface area contributed by atoms with E-state index in [4.69, 9.17) is 21.4 Å². The Morgan fingerprint density at radius 2 is 1.79 bits per heavy atom. The van der Waals surface area contributed by atoms with Gasteiger partial charge in [-0.25, -0.2) is 19.0 Å². The summed E-state index contributed by atoms with van der Waals surface area (Å²) in [6.07, 6.45) is -4.94. The molecule has 2 aromatic rings. The summed E-state index contributed by atoms with van der Waals surface area (Å²) in [7, 11) is 0. The predicted octanol–water partition coefficient (Wildman–Crippen LogP) is 2.22. The van der Waals surface area contributed by atoms with Crippen molar-refractivity contribution >= 4 is 23.5 Å². The van der Waals surface area contributed by atoms with Gasteiger partial charge in [-0.2, -0.15) is 13.2 Å². The van der Waals surface area contributed by atoms with Crippen molar-refractivity contribution in [3.63, 3.8) is 0 Å². The van der Waals surface area contributed by atoms with E-state index in [9.17, 15) is 32.3 Å². The third-order valence-corrected chi connectivity index (χ3v) is 3.86. The average molecular weight is 421 g/mol. The minimum Gasteiger partial charge on any atom is -0.478 e. The number of carbonyl (C=O) groups excluding carboxylic acids is 1. The van der Waals surface area contributed by atoms with Crippen molar-refractivity contribution < 1.29 is 32.6 Å². The number of hydrogen-bond donors (Lipinski definition) is 2. The van der Waals surface area contributed by atoms with Crippen LogP contribution >= 0.6 is 11.6 Å². The van der Waals surface area contributed by atoms with Crippen LogP contribution in [-0.2, 0) is 15.7 Å². The molecule has 1 heterocycles. The van der Waals surface area contributed by atoms with Crippen LogP contribution in [0.3, 0.4) is 0 Å². The molecule has 0 spiro atoms. The first kappa shape index (κ1) is 21.2. The number of alkyl halides is 3. The number of rotatable bonds is 4. The summed E-state index contributed by atoms with van der Waals surface area (Å²) in [5.74, 6) is -2.61. The van der Waals surface area contributed by atoms with Crippen LogP contribution in [0.2, 0.25) is 5.02 Å². The van der Waals surface area contributed by atoms with E-state index < -0.39 is 40.7 Å². The van der Waals surface area contributed by atoms with Crippen molar-refractivity contribution in [1.29, 1.82) is 0 Å². The number of hydrogen-bond acceptors (Lipinski definition) is 5. The van der Waals surface area contributed by atoms with Crippen molar-refractivity contribution in [2.75, 3.05) is 0 Å². The number of carboxylic acid groups (broad SMARTS) is 1. The van der Waals surface area contributed by atoms with Gasteiger partial charge in [0, 0.05) is 6.07 Å². The minimum atomic E-state index is -4.94. The summed E-state index contributed by atoms with van der Waals surface area (Å²) in [6, 6.07) is 3.32. The quantitative estimate of drug-likeness (QED) is 0.732. The maximum Gasteiger partial charge on any atom is 0.431 e. The molecule has 2 N–H and O–H groups in total. The van der Waals surface area contributed by atoms with Crippen LogP contribution in [0, 0.1) is 0 Å². The zero-order valence-corrected chi connectivity index (χ0v) is 15.0. The van der Waals surface area contributed by atoms with Gasteiger partial charge >= 0.3 is 23.8 Å². The van der Waals surface area contributed by atoms with E-state index in [1.54, 1.807) is 0 Å². The fourth-order valence-electron chi connectivity index (χ4n) is 2.03. The van der Waals surface area contributed by atoms with Gasteiger partial charge in [-0.3, -0.25) is 4.79 Å². The van der Waals surface area contributed by atoms with Crippen LogP contribution in [0.5, 0.6) is 0 Å². The van der Waals surface area contributed by atoms with Crippen molar-refractivity contribution in [3.8, 4) is 5.69 Å². The second-order valence-electron chi connectivity index (χ2n) is 6.03. The summed E-state index contributed by atoms with van der Waals surface area (Å²) in [5, 5.41) is 8.82. The first-order valence-electron chi connectivity index (χ1n) is 7.44. The molecular formula is C16H12ClF3N2O6. The summed E-state index contributed by atoms with van der Waals surface area (Å²) in [6.45, 7) is 2.21. The highest BCUT2D eigenvalue weighted by Crippen LogP contribution is 2.26. The molecule has 0 amide bonds. The lowest BCUT2D eigenvalue weighted by Crippen LogP contribution is -2.37. The molecule has 0 aliphatic heterocycles. The zero-order chi connectivity index (χ0) is 21.4. The van der Waals surface area contributed by atoms with Gasteiger partial charge in [0.2, 0.25) is 5.60 Å². The Morgan fingerprint density at radius 1 is 1.18 bits per heavy atom. The molecule has 0 atom stereocenters. The molecule has 150 valence electrons. The second kappa shape index (κ2) is 7.15. The molecule has 8 nitrogen and oxygen atoms in total. The van der Waals surface area contributed by atoms with E-state index in [-0.39, 0.29) is 22.3 Å². The van der Waals surface area contributed by atoms with Crippen molar-refractivity contribution in [1.82, 2.24) is 9.55 Å². The molecule has 0 unspecified atom stereocenters. The molecule has 0 aliphatic rings. The number of carbonyl (C=O) groups is 2. The molecule has 0 aliphatic carbocycles. The standard InChI is InChI=1S/C16H12ClF3N2O6/c1-15(2,13(25)26)28-12(24)8-5-7(3-4-9(8)17)22-11(23)6-10(16(18,19)20)21-14(22)27/h3-6H,1-2H3,(H,21,27)(H,25,26). The summed E-state index contributed by atoms with van der Waals surface area (Å²) in [5.41, 5.74) is -6.80. The lowest BCUT2D eigenvalue weighted by Gasteiger charge is -2.20. The molecule has 0 saturated carbocycles. The Kier molecular flexibility index (Phi) is 5.42. The van der Waals surface area contributed by atoms with E-state index in [2.05, 4.69) is 0 Å². The maximum absolute atomic E-state index is 12.7. The molecule has 28 heavy (non-hydrogen) atoms. The second-order valence-corrected chi connectivity index (χ2v) is 6.44. The number of carboxylic acids is 1. The number of ether oxygens (including phenoxy) is 1. The molecular weight excluding hydrogens is 409 g/mol. The maximum atomic E-state index is 12.7. The van der Waals surface area contributed by atoms with E-state index >= 15 is 0 Å². The number of halogens is 4. The Hall–Kier alpha value is -3.08. The van der Waals surface area contributed by atoms with Crippen LogP contribution in [0.25, 0.3) is 5.69 Å². The van der Waals surface area contributed by atoms with Crippen molar-refractivity contribution in [3.05, 3.63) is 61.4 Å². The molecule has 0 fully saturated rings. The van der Waals surface area contributed by atoms with Gasteiger partial charge in [-0.15, -0.1) is 0 Å². The van der Waals surface area contributed by atoms with Gasteiger partial charge in [-0.05, 0) is 32.0 Å². The van der Waals surface area contributed by atoms with E-state index in [0.717, 1.165) is 32.0 Å². The third-order valence-electron chi connectivity index (χ3n) is 3.53. The van der Waals surface area contributed by atoms with Crippen molar-refractivity contribution in [2.24, 2.45) is 0 Å². The van der Waals surface area contributed by atoms with E-state index in [0.29, 0.717) is 4.57 Å². The largest absolute Gasteiger partial charge is 0.478 e. The Labute approximate surface area is 159 Å². The molecule has 0 radical (unpaired) electrons. The summed E-state index contributed by atoms with van der Waals surface area (Å²) < 4.78 is 43.2. The number of aromatic nitrogens is 2.